The predicted octanol–water partition coefficient (Wildman–Crippen LogP) is 16.4. The van der Waals surface area contributed by atoms with Crippen LogP contribution in [0.4, 0.5) is 17.1 Å². The molecular formula is C57H51NO. The molecule has 1 aliphatic carbocycles. The van der Waals surface area contributed by atoms with Gasteiger partial charge in [0, 0.05) is 27.4 Å². The summed E-state index contributed by atoms with van der Waals surface area (Å²) in [7, 11) is 0. The van der Waals surface area contributed by atoms with Gasteiger partial charge in [-0.15, -0.1) is 0 Å². The number of hydrogen-bond acceptors (Lipinski definition) is 2. The summed E-state index contributed by atoms with van der Waals surface area (Å²) in [5.41, 5.74) is 17.8. The van der Waals surface area contributed by atoms with E-state index < -0.39 is 0 Å². The van der Waals surface area contributed by atoms with E-state index in [1.54, 1.807) is 0 Å². The van der Waals surface area contributed by atoms with Crippen LogP contribution in [0.1, 0.15) is 77.6 Å². The van der Waals surface area contributed by atoms with Gasteiger partial charge in [0.2, 0.25) is 0 Å². The minimum atomic E-state index is -0.177. The van der Waals surface area contributed by atoms with Crippen molar-refractivity contribution < 1.29 is 4.42 Å². The van der Waals surface area contributed by atoms with E-state index in [0.29, 0.717) is 0 Å². The van der Waals surface area contributed by atoms with Crippen LogP contribution in [-0.4, -0.2) is 0 Å². The molecule has 2 heteroatoms. The van der Waals surface area contributed by atoms with Crippen LogP contribution >= 0.6 is 0 Å². The van der Waals surface area contributed by atoms with E-state index in [2.05, 4.69) is 224 Å². The van der Waals surface area contributed by atoms with E-state index >= 15 is 0 Å². The normalized spacial score (nSPS) is 13.6. The van der Waals surface area contributed by atoms with Crippen LogP contribution in [0.5, 0.6) is 0 Å². The van der Waals surface area contributed by atoms with Crippen LogP contribution in [0, 0.1) is 0 Å². The molecule has 1 heterocycles. The lowest BCUT2D eigenvalue weighted by Crippen LogP contribution is -2.21. The number of fused-ring (bicyclic) bond motifs is 7. The molecule has 8 aromatic carbocycles. The third-order valence-electron chi connectivity index (χ3n) is 12.7. The van der Waals surface area contributed by atoms with Crippen molar-refractivity contribution in [2.24, 2.45) is 0 Å². The van der Waals surface area contributed by atoms with Crippen molar-refractivity contribution in [1.29, 1.82) is 0 Å². The van der Waals surface area contributed by atoms with Gasteiger partial charge >= 0.3 is 0 Å². The average Bonchev–Trinajstić information content (AvgIpc) is 3.72. The molecule has 9 aromatic rings. The Balaban J connectivity index is 1.26. The Labute approximate surface area is 348 Å². The molecule has 0 aliphatic heterocycles. The lowest BCUT2D eigenvalue weighted by atomic mass is 9.74. The zero-order valence-electron chi connectivity index (χ0n) is 35.4. The van der Waals surface area contributed by atoms with Crippen molar-refractivity contribution in [2.75, 3.05) is 4.90 Å². The maximum Gasteiger partial charge on any atom is 0.159 e. The molecule has 0 atom stereocenters. The largest absolute Gasteiger partial charge is 0.454 e. The lowest BCUT2D eigenvalue weighted by Gasteiger charge is -2.31. The fourth-order valence-electron chi connectivity index (χ4n) is 9.64. The number of anilines is 3. The second-order valence-electron chi connectivity index (χ2n) is 19.0. The van der Waals surface area contributed by atoms with Crippen molar-refractivity contribution in [3.63, 3.8) is 0 Å². The lowest BCUT2D eigenvalue weighted by molar-refractivity contribution is 0.564. The number of nitrogens with zero attached hydrogens (tertiary/aromatic N) is 1. The van der Waals surface area contributed by atoms with Crippen molar-refractivity contribution in [3.05, 3.63) is 186 Å². The molecule has 0 saturated carbocycles. The number of para-hydroxylation sites is 3. The molecule has 0 bridgehead atoms. The van der Waals surface area contributed by atoms with Crippen LogP contribution < -0.4 is 4.90 Å². The first-order valence-corrected chi connectivity index (χ1v) is 21.0. The Bertz CT molecular complexity index is 3100. The second kappa shape index (κ2) is 13.3. The summed E-state index contributed by atoms with van der Waals surface area (Å²) in [5, 5.41) is 4.69. The summed E-state index contributed by atoms with van der Waals surface area (Å²) in [5.74, 6) is 0. The first-order valence-electron chi connectivity index (χ1n) is 21.0. The van der Waals surface area contributed by atoms with Gasteiger partial charge in [-0.25, -0.2) is 0 Å². The van der Waals surface area contributed by atoms with Gasteiger partial charge in [0.25, 0.3) is 0 Å². The van der Waals surface area contributed by atoms with Gasteiger partial charge in [0.05, 0.1) is 11.4 Å². The molecule has 0 fully saturated rings. The van der Waals surface area contributed by atoms with Crippen molar-refractivity contribution in [2.45, 2.75) is 71.6 Å². The molecule has 0 radical (unpaired) electrons. The average molecular weight is 766 g/mol. The molecule has 0 amide bonds. The van der Waals surface area contributed by atoms with Crippen molar-refractivity contribution >= 4 is 49.8 Å². The van der Waals surface area contributed by atoms with E-state index in [-0.39, 0.29) is 16.2 Å². The first-order chi connectivity index (χ1) is 28.3. The first kappa shape index (κ1) is 36.9. The predicted molar refractivity (Wildman–Crippen MR) is 252 cm³/mol. The van der Waals surface area contributed by atoms with Crippen molar-refractivity contribution in [3.8, 4) is 33.4 Å². The fraction of sp³-hybridized carbons (Fsp3) is 0.193. The Morgan fingerprint density at radius 3 is 1.92 bits per heavy atom. The van der Waals surface area contributed by atoms with Crippen LogP contribution in [0.25, 0.3) is 66.1 Å². The molecule has 59 heavy (non-hydrogen) atoms. The Morgan fingerprint density at radius 2 is 1.10 bits per heavy atom. The van der Waals surface area contributed by atoms with Gasteiger partial charge in [-0.3, -0.25) is 0 Å². The van der Waals surface area contributed by atoms with Crippen molar-refractivity contribution in [1.82, 2.24) is 0 Å². The summed E-state index contributed by atoms with van der Waals surface area (Å²) >= 11 is 0. The number of hydrogen-bond donors (Lipinski definition) is 0. The Morgan fingerprint density at radius 1 is 0.475 bits per heavy atom. The molecule has 10 rings (SSSR count). The van der Waals surface area contributed by atoms with Gasteiger partial charge in [-0.05, 0) is 102 Å². The van der Waals surface area contributed by atoms with E-state index in [1.807, 2.05) is 0 Å². The maximum absolute atomic E-state index is 6.82. The highest BCUT2D eigenvalue weighted by Crippen LogP contribution is 2.57. The molecule has 0 saturated heterocycles. The zero-order valence-corrected chi connectivity index (χ0v) is 35.4. The van der Waals surface area contributed by atoms with E-state index in [4.69, 9.17) is 4.42 Å². The van der Waals surface area contributed by atoms with Gasteiger partial charge < -0.3 is 9.32 Å². The summed E-state index contributed by atoms with van der Waals surface area (Å²) in [6.45, 7) is 19.0. The van der Waals surface area contributed by atoms with Crippen LogP contribution in [0.15, 0.2) is 168 Å². The Hall–Kier alpha value is -6.38. The monoisotopic (exact) mass is 765 g/mol. The SMILES string of the molecule is CC(C)(C)c1cc(C(C)(C)C)c2c(c1)C(C)(C)c1cccc(-c3ccccc3N(c3cccc(-c4cccc5ccccc45)c3)c3cccc4c3oc3ccccc34)c1-2. The second-order valence-corrected chi connectivity index (χ2v) is 19.0. The summed E-state index contributed by atoms with van der Waals surface area (Å²) < 4.78 is 6.82. The molecule has 0 N–H and O–H groups in total. The Kier molecular flexibility index (Phi) is 8.34. The maximum atomic E-state index is 6.82. The molecular weight excluding hydrogens is 715 g/mol. The van der Waals surface area contributed by atoms with Gasteiger partial charge in [-0.1, -0.05) is 189 Å². The third-order valence-corrected chi connectivity index (χ3v) is 12.7. The molecule has 1 aromatic heterocycles. The highest BCUT2D eigenvalue weighted by molar-refractivity contribution is 6.11. The summed E-state index contributed by atoms with van der Waals surface area (Å²) in [6, 6.07) is 60.2. The number of benzene rings is 8. The van der Waals surface area contributed by atoms with E-state index in [1.165, 1.54) is 66.4 Å². The topological polar surface area (TPSA) is 16.4 Å². The quantitative estimate of drug-likeness (QED) is 0.173. The highest BCUT2D eigenvalue weighted by Gasteiger charge is 2.41. The van der Waals surface area contributed by atoms with Gasteiger partial charge in [0.15, 0.2) is 5.58 Å². The molecule has 0 unspecified atom stereocenters. The van der Waals surface area contributed by atoms with Crippen LogP contribution in [0.2, 0.25) is 0 Å². The highest BCUT2D eigenvalue weighted by atomic mass is 16.3. The smallest absolute Gasteiger partial charge is 0.159 e. The molecule has 290 valence electrons. The minimum Gasteiger partial charge on any atom is -0.454 e. The molecule has 2 nitrogen and oxygen atoms in total. The summed E-state index contributed by atoms with van der Waals surface area (Å²) in [6.07, 6.45) is 0. The fourth-order valence-corrected chi connectivity index (χ4v) is 9.64. The van der Waals surface area contributed by atoms with E-state index in [9.17, 15) is 0 Å². The van der Waals surface area contributed by atoms with E-state index in [0.717, 1.165) is 39.0 Å². The van der Waals surface area contributed by atoms with Gasteiger partial charge in [-0.2, -0.15) is 0 Å². The van der Waals surface area contributed by atoms with Gasteiger partial charge in [0.1, 0.15) is 5.58 Å². The number of rotatable bonds is 5. The number of furan rings is 1. The van der Waals surface area contributed by atoms with Crippen LogP contribution in [-0.2, 0) is 16.2 Å². The van der Waals surface area contributed by atoms with Crippen LogP contribution in [0.3, 0.4) is 0 Å². The molecule has 1 aliphatic rings. The standard InChI is InChI=1S/C57H51NO/c1-55(2,3)38-34-47(56(4,5)6)53-48(35-38)57(7,8)46-29-17-27-44(52(46)53)42-24-11-13-30-49(42)58(50-31-18-28-45-43-25-12-14-32-51(43)59-54(45)50)39-22-15-21-37(33-39)41-26-16-20-36-19-9-10-23-40(36)41/h9-35H,1-8H3. The third kappa shape index (κ3) is 5.91. The zero-order chi connectivity index (χ0) is 40.8. The minimum absolute atomic E-state index is 0.0219. The molecule has 0 spiro atoms. The summed E-state index contributed by atoms with van der Waals surface area (Å²) in [4.78, 5) is 2.43.